The molecule has 0 aliphatic heterocycles. The molecule has 0 amide bonds. The van der Waals surface area contributed by atoms with Crippen molar-refractivity contribution in [1.29, 1.82) is 0 Å². The number of hydrogen-bond donors (Lipinski definition) is 1. The van der Waals surface area contributed by atoms with Crippen molar-refractivity contribution in [2.75, 3.05) is 6.54 Å². The highest BCUT2D eigenvalue weighted by Crippen LogP contribution is 2.39. The topological polar surface area (TPSA) is 29.3 Å². The zero-order chi connectivity index (χ0) is 12.4. The molecule has 0 aromatic carbocycles. The van der Waals surface area contributed by atoms with E-state index in [1.807, 2.05) is 6.07 Å². The Morgan fingerprint density at radius 3 is 2.59 bits per heavy atom. The Hall–Kier alpha value is -0.0900. The van der Waals surface area contributed by atoms with Crippen LogP contribution in [0, 0.1) is 0 Å². The van der Waals surface area contributed by atoms with Gasteiger partial charge in [0.15, 0.2) is 0 Å². The second-order valence-corrected chi connectivity index (χ2v) is 6.47. The van der Waals surface area contributed by atoms with Crippen molar-refractivity contribution < 1.29 is 0 Å². The molecule has 4 heteroatoms. The summed E-state index contributed by atoms with van der Waals surface area (Å²) in [5.41, 5.74) is 6.32. The van der Waals surface area contributed by atoms with Gasteiger partial charge in [0.05, 0.1) is 10.4 Å². The predicted molar refractivity (Wildman–Crippen MR) is 75.7 cm³/mol. The third-order valence-corrected chi connectivity index (χ3v) is 4.80. The molecular weight excluding hydrogens is 252 g/mol. The standard InChI is InChI=1S/C13H21ClN2S/c1-3-10(15)13(11-7-8-12(14)17-11)16(4-2)9-5-6-9/h7-10,13H,3-6,15H2,1-2H3. The van der Waals surface area contributed by atoms with E-state index in [1.165, 1.54) is 17.7 Å². The molecule has 1 heterocycles. The fraction of sp³-hybridized carbons (Fsp3) is 0.692. The van der Waals surface area contributed by atoms with E-state index in [1.54, 1.807) is 11.3 Å². The summed E-state index contributed by atoms with van der Waals surface area (Å²) in [6.45, 7) is 5.45. The summed E-state index contributed by atoms with van der Waals surface area (Å²) in [6, 6.07) is 5.40. The van der Waals surface area contributed by atoms with E-state index in [4.69, 9.17) is 17.3 Å². The van der Waals surface area contributed by atoms with E-state index in [0.29, 0.717) is 6.04 Å². The Kier molecular flexibility index (Phi) is 4.47. The molecule has 2 unspecified atom stereocenters. The Balaban J connectivity index is 2.23. The number of hydrogen-bond acceptors (Lipinski definition) is 3. The third-order valence-electron chi connectivity index (χ3n) is 3.50. The van der Waals surface area contributed by atoms with Gasteiger partial charge in [-0.3, -0.25) is 4.90 Å². The average Bonchev–Trinajstić information content (AvgIpc) is 3.08. The van der Waals surface area contributed by atoms with Crippen molar-refractivity contribution in [2.24, 2.45) is 5.73 Å². The highest BCUT2D eigenvalue weighted by atomic mass is 35.5. The maximum Gasteiger partial charge on any atom is 0.0931 e. The molecule has 2 atom stereocenters. The van der Waals surface area contributed by atoms with Gasteiger partial charge in [-0.05, 0) is 37.9 Å². The molecular formula is C13H21ClN2S. The molecule has 1 aliphatic rings. The molecule has 0 bridgehead atoms. The minimum absolute atomic E-state index is 0.199. The molecule has 96 valence electrons. The van der Waals surface area contributed by atoms with Gasteiger partial charge in [-0.2, -0.15) is 0 Å². The van der Waals surface area contributed by atoms with Crippen LogP contribution >= 0.6 is 22.9 Å². The van der Waals surface area contributed by atoms with Crippen LogP contribution in [-0.2, 0) is 0 Å². The maximum absolute atomic E-state index is 6.32. The molecule has 17 heavy (non-hydrogen) atoms. The number of rotatable bonds is 6. The minimum Gasteiger partial charge on any atom is -0.326 e. The van der Waals surface area contributed by atoms with Gasteiger partial charge in [0.2, 0.25) is 0 Å². The zero-order valence-corrected chi connectivity index (χ0v) is 12.1. The molecule has 2 N–H and O–H groups in total. The second-order valence-electron chi connectivity index (χ2n) is 4.72. The molecule has 1 aromatic rings. The molecule has 0 spiro atoms. The van der Waals surface area contributed by atoms with E-state index in [9.17, 15) is 0 Å². The lowest BCUT2D eigenvalue weighted by Gasteiger charge is -2.34. The van der Waals surface area contributed by atoms with E-state index >= 15 is 0 Å². The Morgan fingerprint density at radius 2 is 2.18 bits per heavy atom. The summed E-state index contributed by atoms with van der Waals surface area (Å²) >= 11 is 7.73. The van der Waals surface area contributed by atoms with Crippen molar-refractivity contribution in [3.05, 3.63) is 21.3 Å². The van der Waals surface area contributed by atoms with Gasteiger partial charge in [-0.1, -0.05) is 25.4 Å². The van der Waals surface area contributed by atoms with Crippen LogP contribution in [0.4, 0.5) is 0 Å². The third kappa shape index (κ3) is 3.02. The summed E-state index contributed by atoms with van der Waals surface area (Å²) in [6.07, 6.45) is 3.64. The van der Waals surface area contributed by atoms with Gasteiger partial charge in [-0.25, -0.2) is 0 Å². The maximum atomic E-state index is 6.32. The van der Waals surface area contributed by atoms with Crippen LogP contribution in [0.1, 0.15) is 44.0 Å². The number of thiophene rings is 1. The van der Waals surface area contributed by atoms with Crippen LogP contribution in [0.25, 0.3) is 0 Å². The molecule has 2 nitrogen and oxygen atoms in total. The van der Waals surface area contributed by atoms with Gasteiger partial charge in [0, 0.05) is 17.0 Å². The summed E-state index contributed by atoms with van der Waals surface area (Å²) in [7, 11) is 0. The monoisotopic (exact) mass is 272 g/mol. The summed E-state index contributed by atoms with van der Waals surface area (Å²) in [5.74, 6) is 0. The normalized spacial score (nSPS) is 19.6. The highest BCUT2D eigenvalue weighted by molar-refractivity contribution is 7.16. The quantitative estimate of drug-likeness (QED) is 0.856. The molecule has 1 aliphatic carbocycles. The molecule has 1 fully saturated rings. The highest BCUT2D eigenvalue weighted by Gasteiger charge is 2.36. The van der Waals surface area contributed by atoms with E-state index < -0.39 is 0 Å². The molecule has 1 saturated carbocycles. The van der Waals surface area contributed by atoms with Crippen LogP contribution < -0.4 is 5.73 Å². The number of nitrogens with zero attached hydrogens (tertiary/aromatic N) is 1. The van der Waals surface area contributed by atoms with Crippen molar-refractivity contribution in [2.45, 2.75) is 51.2 Å². The van der Waals surface area contributed by atoms with Crippen molar-refractivity contribution in [3.8, 4) is 0 Å². The van der Waals surface area contributed by atoms with E-state index in [2.05, 4.69) is 24.8 Å². The van der Waals surface area contributed by atoms with Crippen LogP contribution in [-0.4, -0.2) is 23.5 Å². The first-order valence-electron chi connectivity index (χ1n) is 6.43. The average molecular weight is 273 g/mol. The van der Waals surface area contributed by atoms with Crippen LogP contribution in [0.3, 0.4) is 0 Å². The lowest BCUT2D eigenvalue weighted by molar-refractivity contribution is 0.171. The minimum atomic E-state index is 0.199. The fourth-order valence-corrected chi connectivity index (χ4v) is 3.68. The van der Waals surface area contributed by atoms with Crippen molar-refractivity contribution >= 4 is 22.9 Å². The molecule has 2 rings (SSSR count). The smallest absolute Gasteiger partial charge is 0.0931 e. The lowest BCUT2D eigenvalue weighted by atomic mass is 10.0. The van der Waals surface area contributed by atoms with Gasteiger partial charge >= 0.3 is 0 Å². The molecule has 0 saturated heterocycles. The lowest BCUT2D eigenvalue weighted by Crippen LogP contribution is -2.41. The summed E-state index contributed by atoms with van der Waals surface area (Å²) in [4.78, 5) is 3.87. The Morgan fingerprint density at radius 1 is 1.47 bits per heavy atom. The summed E-state index contributed by atoms with van der Waals surface area (Å²) in [5, 5.41) is 0. The first-order valence-corrected chi connectivity index (χ1v) is 7.63. The second kappa shape index (κ2) is 5.70. The van der Waals surface area contributed by atoms with Crippen LogP contribution in [0.2, 0.25) is 4.34 Å². The number of nitrogens with two attached hydrogens (primary N) is 1. The predicted octanol–water partition coefficient (Wildman–Crippen LogP) is 3.66. The van der Waals surface area contributed by atoms with Crippen molar-refractivity contribution in [1.82, 2.24) is 4.90 Å². The molecule has 1 aromatic heterocycles. The Bertz CT molecular complexity index is 362. The zero-order valence-electron chi connectivity index (χ0n) is 10.5. The molecule has 0 radical (unpaired) electrons. The largest absolute Gasteiger partial charge is 0.326 e. The summed E-state index contributed by atoms with van der Waals surface area (Å²) < 4.78 is 0.861. The van der Waals surface area contributed by atoms with E-state index in [0.717, 1.165) is 23.3 Å². The van der Waals surface area contributed by atoms with Crippen LogP contribution in [0.15, 0.2) is 12.1 Å². The van der Waals surface area contributed by atoms with Crippen LogP contribution in [0.5, 0.6) is 0 Å². The Labute approximate surface area is 113 Å². The fourth-order valence-electron chi connectivity index (χ4n) is 2.42. The first-order chi connectivity index (χ1) is 8.17. The SMILES string of the molecule is CCC(N)C(c1ccc(Cl)s1)N(CC)C1CC1. The first kappa shape index (κ1) is 13.3. The van der Waals surface area contributed by atoms with E-state index in [-0.39, 0.29) is 6.04 Å². The van der Waals surface area contributed by atoms with Gasteiger partial charge in [0.1, 0.15) is 0 Å². The number of halogens is 1. The van der Waals surface area contributed by atoms with Gasteiger partial charge < -0.3 is 5.73 Å². The number of likely N-dealkylation sites (N-methyl/N-ethyl adjacent to an activating group) is 1. The van der Waals surface area contributed by atoms with Crippen molar-refractivity contribution in [3.63, 3.8) is 0 Å². The van der Waals surface area contributed by atoms with Gasteiger partial charge in [-0.15, -0.1) is 11.3 Å². The van der Waals surface area contributed by atoms with Gasteiger partial charge in [0.25, 0.3) is 0 Å².